The van der Waals surface area contributed by atoms with Gasteiger partial charge in [0.1, 0.15) is 6.54 Å². The molecule has 1 amide bonds. The molecular weight excluding hydrogens is 218 g/mol. The Morgan fingerprint density at radius 1 is 1.24 bits per heavy atom. The zero-order chi connectivity index (χ0) is 12.9. The topological polar surface area (TPSA) is 66.4 Å². The third-order valence-corrected chi connectivity index (χ3v) is 2.59. The Bertz CT molecular complexity index is 398. The number of hydrogen-bond donors (Lipinski definition) is 2. The summed E-state index contributed by atoms with van der Waals surface area (Å²) in [5.74, 6) is -1.28. The van der Waals surface area contributed by atoms with Gasteiger partial charge in [-0.05, 0) is 11.0 Å². The van der Waals surface area contributed by atoms with E-state index in [-0.39, 0.29) is 24.3 Å². The van der Waals surface area contributed by atoms with Gasteiger partial charge >= 0.3 is 5.97 Å². The number of carbonyl (C=O) groups excluding carboxylic acids is 1. The number of amides is 1. The van der Waals surface area contributed by atoms with Crippen LogP contribution >= 0.6 is 0 Å². The quantitative estimate of drug-likeness (QED) is 0.813. The molecule has 0 aliphatic rings. The van der Waals surface area contributed by atoms with E-state index in [2.05, 4.69) is 5.32 Å². The molecule has 1 rings (SSSR count). The molecule has 0 unspecified atom stereocenters. The van der Waals surface area contributed by atoms with Gasteiger partial charge in [0.2, 0.25) is 5.91 Å². The zero-order valence-electron chi connectivity index (χ0n) is 10.1. The van der Waals surface area contributed by atoms with E-state index >= 15 is 0 Å². The maximum absolute atomic E-state index is 11.6. The molecule has 4 nitrogen and oxygen atoms in total. The first-order valence-electron chi connectivity index (χ1n) is 5.46. The van der Waals surface area contributed by atoms with Crippen LogP contribution in [0.4, 0.5) is 0 Å². The van der Waals surface area contributed by atoms with Crippen LogP contribution in [0.1, 0.15) is 25.8 Å². The Labute approximate surface area is 101 Å². The Morgan fingerprint density at radius 2 is 1.82 bits per heavy atom. The Hall–Kier alpha value is -1.84. The van der Waals surface area contributed by atoms with Crippen LogP contribution in [0, 0.1) is 0 Å². The summed E-state index contributed by atoms with van der Waals surface area (Å²) in [5, 5.41) is 10.8. The van der Waals surface area contributed by atoms with Crippen molar-refractivity contribution in [3.8, 4) is 0 Å². The minimum absolute atomic E-state index is 0.249. The second kappa shape index (κ2) is 5.48. The van der Waals surface area contributed by atoms with Crippen LogP contribution in [0.5, 0.6) is 0 Å². The maximum atomic E-state index is 11.6. The second-order valence-corrected chi connectivity index (χ2v) is 4.60. The molecule has 0 bridgehead atoms. The van der Waals surface area contributed by atoms with E-state index in [0.29, 0.717) is 0 Å². The van der Waals surface area contributed by atoms with Gasteiger partial charge in [-0.3, -0.25) is 9.59 Å². The molecule has 0 atom stereocenters. The number of benzene rings is 1. The lowest BCUT2D eigenvalue weighted by Gasteiger charge is -2.24. The van der Waals surface area contributed by atoms with Gasteiger partial charge in [0.15, 0.2) is 0 Å². The van der Waals surface area contributed by atoms with Crippen molar-refractivity contribution in [3.05, 3.63) is 35.9 Å². The highest BCUT2D eigenvalue weighted by molar-refractivity contribution is 5.82. The number of hydrogen-bond acceptors (Lipinski definition) is 2. The fraction of sp³-hybridized carbons (Fsp3) is 0.385. The smallest absolute Gasteiger partial charge is 0.322 e. The van der Waals surface area contributed by atoms with Gasteiger partial charge in [-0.1, -0.05) is 44.2 Å². The van der Waals surface area contributed by atoms with Gasteiger partial charge < -0.3 is 10.4 Å². The SMILES string of the molecule is CC(C)(CC(=O)NCC(=O)O)c1ccccc1. The van der Waals surface area contributed by atoms with E-state index in [4.69, 9.17) is 5.11 Å². The molecule has 0 saturated carbocycles. The molecule has 1 aromatic carbocycles. The molecule has 1 aromatic rings. The van der Waals surface area contributed by atoms with Gasteiger partial charge in [0.05, 0.1) is 0 Å². The molecule has 17 heavy (non-hydrogen) atoms. The fourth-order valence-corrected chi connectivity index (χ4v) is 1.63. The monoisotopic (exact) mass is 235 g/mol. The zero-order valence-corrected chi connectivity index (χ0v) is 10.1. The molecule has 0 fully saturated rings. The third-order valence-electron chi connectivity index (χ3n) is 2.59. The number of carboxylic acid groups (broad SMARTS) is 1. The van der Waals surface area contributed by atoms with E-state index < -0.39 is 5.97 Å². The first-order valence-corrected chi connectivity index (χ1v) is 5.46. The van der Waals surface area contributed by atoms with Crippen molar-refractivity contribution in [2.45, 2.75) is 25.7 Å². The minimum atomic E-state index is -1.03. The van der Waals surface area contributed by atoms with Crippen LogP contribution in [0.3, 0.4) is 0 Å². The summed E-state index contributed by atoms with van der Waals surface area (Å²) in [4.78, 5) is 21.9. The van der Waals surface area contributed by atoms with Crippen LogP contribution in [-0.2, 0) is 15.0 Å². The Kier molecular flexibility index (Phi) is 4.26. The van der Waals surface area contributed by atoms with Gasteiger partial charge in [0.25, 0.3) is 0 Å². The largest absolute Gasteiger partial charge is 0.480 e. The molecule has 0 aliphatic carbocycles. The van der Waals surface area contributed by atoms with Crippen LogP contribution in [0.15, 0.2) is 30.3 Å². The molecule has 0 aromatic heterocycles. The average Bonchev–Trinajstić information content (AvgIpc) is 2.27. The molecule has 0 heterocycles. The maximum Gasteiger partial charge on any atom is 0.322 e. The van der Waals surface area contributed by atoms with E-state index in [1.165, 1.54) is 0 Å². The fourth-order valence-electron chi connectivity index (χ4n) is 1.63. The molecule has 4 heteroatoms. The standard InChI is InChI=1S/C13H17NO3/c1-13(2,10-6-4-3-5-7-10)8-11(15)14-9-12(16)17/h3-7H,8-9H2,1-2H3,(H,14,15)(H,16,17). The van der Waals surface area contributed by atoms with E-state index in [0.717, 1.165) is 5.56 Å². The highest BCUT2D eigenvalue weighted by Crippen LogP contribution is 2.26. The Balaban J connectivity index is 2.61. The molecule has 0 radical (unpaired) electrons. The van der Waals surface area contributed by atoms with Crippen LogP contribution in [0.2, 0.25) is 0 Å². The third kappa shape index (κ3) is 4.26. The lowest BCUT2D eigenvalue weighted by Crippen LogP contribution is -2.34. The number of aliphatic carboxylic acids is 1. The molecule has 0 spiro atoms. The predicted molar refractivity (Wildman–Crippen MR) is 64.7 cm³/mol. The molecule has 2 N–H and O–H groups in total. The molecular formula is C13H17NO3. The van der Waals surface area contributed by atoms with Crippen molar-refractivity contribution in [1.29, 1.82) is 0 Å². The van der Waals surface area contributed by atoms with Crippen LogP contribution in [0.25, 0.3) is 0 Å². The van der Waals surface area contributed by atoms with Crippen LogP contribution < -0.4 is 5.32 Å². The number of carbonyl (C=O) groups is 2. The van der Waals surface area contributed by atoms with E-state index in [1.807, 2.05) is 44.2 Å². The summed E-state index contributed by atoms with van der Waals surface area (Å²) in [6.07, 6.45) is 0.268. The van der Waals surface area contributed by atoms with Gasteiger partial charge in [-0.15, -0.1) is 0 Å². The number of rotatable bonds is 5. The van der Waals surface area contributed by atoms with Crippen molar-refractivity contribution < 1.29 is 14.7 Å². The van der Waals surface area contributed by atoms with E-state index in [1.54, 1.807) is 0 Å². The van der Waals surface area contributed by atoms with Gasteiger partial charge in [-0.25, -0.2) is 0 Å². The van der Waals surface area contributed by atoms with Crippen molar-refractivity contribution in [1.82, 2.24) is 5.32 Å². The second-order valence-electron chi connectivity index (χ2n) is 4.60. The normalized spacial score (nSPS) is 10.9. The average molecular weight is 235 g/mol. The summed E-state index contributed by atoms with van der Waals surface area (Å²) < 4.78 is 0. The first-order chi connectivity index (χ1) is 7.92. The summed E-state index contributed by atoms with van der Waals surface area (Å²) in [6.45, 7) is 3.59. The number of nitrogens with one attached hydrogen (secondary N) is 1. The minimum Gasteiger partial charge on any atom is -0.480 e. The van der Waals surface area contributed by atoms with Crippen molar-refractivity contribution in [3.63, 3.8) is 0 Å². The lowest BCUT2D eigenvalue weighted by atomic mass is 9.81. The van der Waals surface area contributed by atoms with Gasteiger partial charge in [-0.2, -0.15) is 0 Å². The molecule has 92 valence electrons. The van der Waals surface area contributed by atoms with Crippen molar-refractivity contribution in [2.24, 2.45) is 0 Å². The molecule has 0 saturated heterocycles. The Morgan fingerprint density at radius 3 is 2.35 bits per heavy atom. The predicted octanol–water partition coefficient (Wildman–Crippen LogP) is 1.56. The molecule has 0 aliphatic heterocycles. The summed E-state index contributed by atoms with van der Waals surface area (Å²) >= 11 is 0. The van der Waals surface area contributed by atoms with Crippen molar-refractivity contribution >= 4 is 11.9 Å². The van der Waals surface area contributed by atoms with E-state index in [9.17, 15) is 9.59 Å². The highest BCUT2D eigenvalue weighted by Gasteiger charge is 2.23. The number of carboxylic acids is 1. The first kappa shape index (κ1) is 13.2. The highest BCUT2D eigenvalue weighted by atomic mass is 16.4. The van der Waals surface area contributed by atoms with Crippen LogP contribution in [-0.4, -0.2) is 23.5 Å². The van der Waals surface area contributed by atoms with Gasteiger partial charge in [0, 0.05) is 6.42 Å². The summed E-state index contributed by atoms with van der Waals surface area (Å²) in [6, 6.07) is 9.69. The van der Waals surface area contributed by atoms with Crippen molar-refractivity contribution in [2.75, 3.05) is 6.54 Å². The lowest BCUT2D eigenvalue weighted by molar-refractivity contribution is -0.138. The summed E-state index contributed by atoms with van der Waals surface area (Å²) in [5.41, 5.74) is 0.759. The summed E-state index contributed by atoms with van der Waals surface area (Å²) in [7, 11) is 0.